The fraction of sp³-hybridized carbons (Fsp3) is 0.611. The molecule has 0 aromatic rings. The predicted octanol–water partition coefficient (Wildman–Crippen LogP) is 6.57. The molecule has 1 rings (SSSR count). The van der Waals surface area contributed by atoms with E-state index in [2.05, 4.69) is 73.5 Å². The molecule has 0 N–H and O–H groups in total. The molecule has 0 saturated carbocycles. The number of rotatable bonds is 1. The summed E-state index contributed by atoms with van der Waals surface area (Å²) >= 11 is 0. The van der Waals surface area contributed by atoms with Gasteiger partial charge in [0.1, 0.15) is 0 Å². The Morgan fingerprint density at radius 3 is 1.05 bits per heavy atom. The molecule has 0 fully saturated rings. The van der Waals surface area contributed by atoms with Crippen LogP contribution in [-0.4, -0.2) is 14.5 Å². The summed E-state index contributed by atoms with van der Waals surface area (Å²) in [6.45, 7) is 21.8. The van der Waals surface area contributed by atoms with Gasteiger partial charge in [0.15, 0.2) is 0 Å². The summed E-state index contributed by atoms with van der Waals surface area (Å²) in [6.07, 6.45) is 0. The summed E-state index contributed by atoms with van der Waals surface area (Å²) in [6, 6.07) is 0. The van der Waals surface area contributed by atoms with E-state index >= 15 is 0 Å². The Labute approximate surface area is 152 Å². The molecule has 21 heavy (non-hydrogen) atoms. The Balaban J connectivity index is -0.000000123. The van der Waals surface area contributed by atoms with Crippen molar-refractivity contribution in [2.75, 3.05) is 0 Å². The second kappa shape index (κ2) is 11.9. The van der Waals surface area contributed by atoms with Crippen molar-refractivity contribution in [2.45, 2.75) is 74.0 Å². The molecular weight excluding hydrogens is 306 g/mol. The van der Waals surface area contributed by atoms with Crippen molar-refractivity contribution >= 4 is 8.96 Å². The summed E-state index contributed by atoms with van der Waals surface area (Å²) in [5, 5.41) is 0. The Morgan fingerprint density at radius 2 is 1.00 bits per heavy atom. The third-order valence-corrected chi connectivity index (χ3v) is 4.49. The zero-order valence-corrected chi connectivity index (χ0v) is 19.0. The monoisotopic (exact) mass is 342 g/mol. The van der Waals surface area contributed by atoms with E-state index in [1.165, 1.54) is 28.2 Å². The minimum absolute atomic E-state index is 0. The molecule has 0 aromatic heterocycles. The topological polar surface area (TPSA) is 14.1 Å². The van der Waals surface area contributed by atoms with Crippen molar-refractivity contribution in [3.8, 4) is 0 Å². The average Bonchev–Trinajstić information content (AvgIpc) is 2.34. The van der Waals surface area contributed by atoms with Gasteiger partial charge in [-0.1, -0.05) is 60.9 Å². The van der Waals surface area contributed by atoms with Crippen LogP contribution in [0.25, 0.3) is 4.98 Å². The molecule has 0 unspecified atom stereocenters. The first-order valence-corrected chi connectivity index (χ1v) is 9.14. The Bertz CT molecular complexity index is 325. The molecule has 0 heterocycles. The fourth-order valence-corrected chi connectivity index (χ4v) is 3.42. The third-order valence-electron chi connectivity index (χ3n) is 3.37. The number of hydrogen-bond acceptors (Lipinski definition) is 0. The van der Waals surface area contributed by atoms with E-state index in [0.29, 0.717) is 0 Å². The van der Waals surface area contributed by atoms with Gasteiger partial charge in [0.25, 0.3) is 0 Å². The van der Waals surface area contributed by atoms with Crippen LogP contribution in [0.3, 0.4) is 0 Å². The van der Waals surface area contributed by atoms with Crippen molar-refractivity contribution in [3.05, 3.63) is 48.0 Å². The zero-order chi connectivity index (χ0) is 14.7. The Kier molecular flexibility index (Phi) is 16.6. The van der Waals surface area contributed by atoms with Crippen molar-refractivity contribution in [1.82, 2.24) is 0 Å². The molecule has 0 aliphatic heterocycles. The molecule has 121 valence electrons. The molecule has 0 bridgehead atoms. The maximum absolute atomic E-state index is 4.51. The molecule has 3 radical (unpaired) electrons. The average molecular weight is 342 g/mol. The number of hydrogen-bond donors (Lipinski definition) is 0. The van der Waals surface area contributed by atoms with Gasteiger partial charge in [0.2, 0.25) is 0 Å². The van der Waals surface area contributed by atoms with Crippen LogP contribution < -0.4 is 0 Å². The summed E-state index contributed by atoms with van der Waals surface area (Å²) in [5.41, 5.74) is 6.06. The van der Waals surface area contributed by atoms with Gasteiger partial charge in [-0.15, -0.1) is 5.54 Å². The second-order valence-electron chi connectivity index (χ2n) is 6.35. The van der Waals surface area contributed by atoms with Gasteiger partial charge in [0, 0.05) is 5.92 Å². The van der Waals surface area contributed by atoms with E-state index in [1.54, 1.807) is 0 Å². The maximum atomic E-state index is 4.51. The zero-order valence-electron chi connectivity index (χ0n) is 16.4. The fourth-order valence-electron chi connectivity index (χ4n) is 2.08. The maximum Gasteiger partial charge on any atom is 3.00 e. The number of nitrogens with zero attached hydrogens (tertiary/aromatic N) is 1. The van der Waals surface area contributed by atoms with E-state index in [9.17, 15) is 0 Å². The first-order valence-electron chi connectivity index (χ1n) is 6.70. The number of allylic oxidation sites excluding steroid dienone is 4. The van der Waals surface area contributed by atoms with Gasteiger partial charge in [0.05, 0.1) is 0 Å². The summed E-state index contributed by atoms with van der Waals surface area (Å²) < 4.78 is 0. The van der Waals surface area contributed by atoms with Crippen LogP contribution in [0.2, 0.25) is 13.1 Å². The second-order valence-corrected chi connectivity index (χ2v) is 8.47. The minimum Gasteiger partial charge on any atom is -0.663 e. The standard InChI is InChI=1S/C10H15.C6H15NSi.2CH3.Ti/c1-6-7(2)9(4)10(5)8(6)3;1-6(2,3)7-8(4)5;;;/h1-5H3;1-5H3;2*1H3;/q;3*-1;+3. The third kappa shape index (κ3) is 10.7. The molecule has 0 saturated heterocycles. The molecule has 1 nitrogen and oxygen atoms in total. The van der Waals surface area contributed by atoms with Crippen LogP contribution in [0.5, 0.6) is 0 Å². The first kappa shape index (κ1) is 29.4. The molecule has 0 amide bonds. The molecule has 1 aliphatic rings. The van der Waals surface area contributed by atoms with Crippen LogP contribution in [0.1, 0.15) is 55.4 Å². The molecule has 1 aliphatic carbocycles. The van der Waals surface area contributed by atoms with Crippen LogP contribution >= 0.6 is 0 Å². The van der Waals surface area contributed by atoms with E-state index in [-0.39, 0.29) is 51.1 Å². The van der Waals surface area contributed by atoms with Crippen molar-refractivity contribution in [3.63, 3.8) is 0 Å². The SMILES string of the molecule is C[C]1C(C)=C(C)C(C)=C1C.C[Si](C)[N-]C(C)(C)C.[CH3-].[CH3-].[Ti+3]. The van der Waals surface area contributed by atoms with Gasteiger partial charge < -0.3 is 19.8 Å². The molecule has 0 atom stereocenters. The van der Waals surface area contributed by atoms with Gasteiger partial charge in [-0.25, -0.2) is 0 Å². The van der Waals surface area contributed by atoms with E-state index in [4.69, 9.17) is 0 Å². The van der Waals surface area contributed by atoms with Crippen LogP contribution in [0, 0.1) is 20.8 Å². The molecular formula is C18H36NSiTi. The van der Waals surface area contributed by atoms with Gasteiger partial charge in [-0.3, -0.25) is 0 Å². The first-order chi connectivity index (χ1) is 7.97. The largest absolute Gasteiger partial charge is 3.00 e. The van der Waals surface area contributed by atoms with Gasteiger partial charge in [-0.2, -0.15) is 0 Å². The van der Waals surface area contributed by atoms with E-state index in [1.807, 2.05) is 0 Å². The van der Waals surface area contributed by atoms with Crippen LogP contribution in [-0.2, 0) is 21.7 Å². The van der Waals surface area contributed by atoms with Crippen molar-refractivity contribution in [2.24, 2.45) is 0 Å². The Hall–Kier alpha value is 0.371. The summed E-state index contributed by atoms with van der Waals surface area (Å²) in [7, 11) is -0.367. The summed E-state index contributed by atoms with van der Waals surface area (Å²) in [4.78, 5) is 4.51. The predicted molar refractivity (Wildman–Crippen MR) is 99.1 cm³/mol. The normalized spacial score (nSPS) is 15.0. The molecule has 0 spiro atoms. The van der Waals surface area contributed by atoms with Gasteiger partial charge >= 0.3 is 21.7 Å². The van der Waals surface area contributed by atoms with Crippen LogP contribution in [0.4, 0.5) is 0 Å². The molecule has 0 aromatic carbocycles. The smallest absolute Gasteiger partial charge is 0.663 e. The quantitative estimate of drug-likeness (QED) is 0.378. The minimum atomic E-state index is -0.367. The summed E-state index contributed by atoms with van der Waals surface area (Å²) in [5.74, 6) is 1.47. The van der Waals surface area contributed by atoms with Gasteiger partial charge in [-0.05, 0) is 38.8 Å². The van der Waals surface area contributed by atoms with Crippen molar-refractivity contribution < 1.29 is 21.7 Å². The van der Waals surface area contributed by atoms with E-state index < -0.39 is 0 Å². The van der Waals surface area contributed by atoms with Crippen molar-refractivity contribution in [1.29, 1.82) is 0 Å². The van der Waals surface area contributed by atoms with Crippen LogP contribution in [0.15, 0.2) is 22.3 Å². The van der Waals surface area contributed by atoms with E-state index in [0.717, 1.165) is 0 Å². The molecule has 3 heteroatoms. The Morgan fingerprint density at radius 1 is 0.714 bits per heavy atom.